The van der Waals surface area contributed by atoms with Crippen molar-refractivity contribution in [3.05, 3.63) is 41.0 Å². The van der Waals surface area contributed by atoms with Gasteiger partial charge in [-0.05, 0) is 18.1 Å². The zero-order chi connectivity index (χ0) is 11.7. The Labute approximate surface area is 103 Å². The molecular formula is C15H20N2. The van der Waals surface area contributed by atoms with Crippen LogP contribution in [0.25, 0.3) is 6.08 Å². The lowest BCUT2D eigenvalue weighted by molar-refractivity contribution is 0.236. The van der Waals surface area contributed by atoms with Gasteiger partial charge in [0.25, 0.3) is 0 Å². The summed E-state index contributed by atoms with van der Waals surface area (Å²) in [4.78, 5) is 2.57. The van der Waals surface area contributed by atoms with Crippen molar-refractivity contribution < 1.29 is 0 Å². The first kappa shape index (κ1) is 11.0. The van der Waals surface area contributed by atoms with Gasteiger partial charge in [0.15, 0.2) is 0 Å². The maximum Gasteiger partial charge on any atom is 0.0155 e. The van der Waals surface area contributed by atoms with Gasteiger partial charge in [0.2, 0.25) is 0 Å². The van der Waals surface area contributed by atoms with Gasteiger partial charge in [-0.3, -0.25) is 4.90 Å². The Kier molecular flexibility index (Phi) is 3.00. The summed E-state index contributed by atoms with van der Waals surface area (Å²) >= 11 is 0. The molecule has 1 aliphatic heterocycles. The van der Waals surface area contributed by atoms with Gasteiger partial charge >= 0.3 is 0 Å². The molecule has 1 saturated heterocycles. The van der Waals surface area contributed by atoms with E-state index in [-0.39, 0.29) is 0 Å². The molecule has 3 rings (SSSR count). The molecule has 0 aromatic heterocycles. The van der Waals surface area contributed by atoms with Crippen LogP contribution in [0.15, 0.2) is 24.3 Å². The number of hydrogen-bond donors (Lipinski definition) is 1. The Balaban J connectivity index is 1.73. The Morgan fingerprint density at radius 3 is 2.94 bits per heavy atom. The van der Waals surface area contributed by atoms with E-state index in [0.29, 0.717) is 5.92 Å². The summed E-state index contributed by atoms with van der Waals surface area (Å²) < 4.78 is 0. The molecule has 1 fully saturated rings. The third-order valence-corrected chi connectivity index (χ3v) is 3.81. The van der Waals surface area contributed by atoms with E-state index in [1.54, 1.807) is 0 Å². The SMILES string of the molecule is Cc1ccc2c(c1)C=CC2CN1CCNCC1. The summed E-state index contributed by atoms with van der Waals surface area (Å²) in [7, 11) is 0. The molecule has 0 saturated carbocycles. The largest absolute Gasteiger partial charge is 0.314 e. The predicted octanol–water partition coefficient (Wildman–Crippen LogP) is 2.01. The van der Waals surface area contributed by atoms with Crippen molar-refractivity contribution in [3.63, 3.8) is 0 Å². The number of hydrogen-bond acceptors (Lipinski definition) is 2. The van der Waals surface area contributed by atoms with Gasteiger partial charge < -0.3 is 5.32 Å². The van der Waals surface area contributed by atoms with Gasteiger partial charge in [-0.1, -0.05) is 35.9 Å². The maximum absolute atomic E-state index is 3.41. The van der Waals surface area contributed by atoms with Crippen molar-refractivity contribution in [2.45, 2.75) is 12.8 Å². The maximum atomic E-state index is 3.41. The Bertz CT molecular complexity index is 431. The number of nitrogens with one attached hydrogen (secondary N) is 1. The molecule has 1 aliphatic carbocycles. The molecule has 0 radical (unpaired) electrons. The average Bonchev–Trinajstić information content (AvgIpc) is 2.73. The zero-order valence-corrected chi connectivity index (χ0v) is 10.4. The van der Waals surface area contributed by atoms with Gasteiger partial charge in [-0.15, -0.1) is 0 Å². The normalized spacial score (nSPS) is 23.9. The van der Waals surface area contributed by atoms with Crippen LogP contribution in [-0.2, 0) is 0 Å². The molecule has 0 spiro atoms. The molecule has 0 bridgehead atoms. The van der Waals surface area contributed by atoms with Crippen LogP contribution in [0.3, 0.4) is 0 Å². The lowest BCUT2D eigenvalue weighted by Gasteiger charge is -2.29. The smallest absolute Gasteiger partial charge is 0.0155 e. The molecule has 1 aromatic carbocycles. The minimum absolute atomic E-state index is 0.601. The molecule has 1 N–H and O–H groups in total. The fourth-order valence-electron chi connectivity index (χ4n) is 2.83. The van der Waals surface area contributed by atoms with Crippen LogP contribution in [-0.4, -0.2) is 37.6 Å². The number of rotatable bonds is 2. The highest BCUT2D eigenvalue weighted by Crippen LogP contribution is 2.31. The molecule has 2 nitrogen and oxygen atoms in total. The second-order valence-corrected chi connectivity index (χ2v) is 5.15. The molecule has 2 heteroatoms. The lowest BCUT2D eigenvalue weighted by atomic mass is 9.98. The molecular weight excluding hydrogens is 208 g/mol. The van der Waals surface area contributed by atoms with E-state index >= 15 is 0 Å². The molecule has 1 heterocycles. The average molecular weight is 228 g/mol. The van der Waals surface area contributed by atoms with Crippen molar-refractivity contribution in [1.82, 2.24) is 10.2 Å². The van der Waals surface area contributed by atoms with Crippen molar-refractivity contribution in [3.8, 4) is 0 Å². The van der Waals surface area contributed by atoms with Crippen molar-refractivity contribution >= 4 is 6.08 Å². The number of piperazine rings is 1. The third kappa shape index (κ3) is 2.28. The van der Waals surface area contributed by atoms with E-state index in [0.717, 1.165) is 13.1 Å². The standard InChI is InChI=1S/C15H20N2/c1-12-2-5-15-13(10-12)3-4-14(15)11-17-8-6-16-7-9-17/h2-5,10,14,16H,6-9,11H2,1H3. The summed E-state index contributed by atoms with van der Waals surface area (Å²) in [5, 5.41) is 3.41. The summed E-state index contributed by atoms with van der Waals surface area (Å²) in [6.07, 6.45) is 4.65. The van der Waals surface area contributed by atoms with Crippen LogP contribution in [0.5, 0.6) is 0 Å². The minimum atomic E-state index is 0.601. The van der Waals surface area contributed by atoms with Crippen LogP contribution in [0.2, 0.25) is 0 Å². The summed E-state index contributed by atoms with van der Waals surface area (Å²) in [5.74, 6) is 0.601. The predicted molar refractivity (Wildman–Crippen MR) is 72.3 cm³/mol. The van der Waals surface area contributed by atoms with E-state index in [9.17, 15) is 0 Å². The van der Waals surface area contributed by atoms with Crippen molar-refractivity contribution in [2.24, 2.45) is 0 Å². The van der Waals surface area contributed by atoms with Crippen LogP contribution in [0, 0.1) is 6.92 Å². The molecule has 0 amide bonds. The van der Waals surface area contributed by atoms with Gasteiger partial charge in [-0.25, -0.2) is 0 Å². The quantitative estimate of drug-likeness (QED) is 0.833. The van der Waals surface area contributed by atoms with E-state index in [1.807, 2.05) is 0 Å². The highest BCUT2D eigenvalue weighted by Gasteiger charge is 2.20. The zero-order valence-electron chi connectivity index (χ0n) is 10.4. The summed E-state index contributed by atoms with van der Waals surface area (Å²) in [5.41, 5.74) is 4.29. The van der Waals surface area contributed by atoms with Crippen LogP contribution in [0.1, 0.15) is 22.6 Å². The number of nitrogens with zero attached hydrogens (tertiary/aromatic N) is 1. The molecule has 1 atom stereocenters. The lowest BCUT2D eigenvalue weighted by Crippen LogP contribution is -2.44. The fraction of sp³-hybridized carbons (Fsp3) is 0.467. The molecule has 1 unspecified atom stereocenters. The van der Waals surface area contributed by atoms with E-state index < -0.39 is 0 Å². The van der Waals surface area contributed by atoms with E-state index in [2.05, 4.69) is 47.5 Å². The van der Waals surface area contributed by atoms with Gasteiger partial charge in [0.05, 0.1) is 0 Å². The summed E-state index contributed by atoms with van der Waals surface area (Å²) in [6.45, 7) is 7.98. The summed E-state index contributed by atoms with van der Waals surface area (Å²) in [6, 6.07) is 6.83. The van der Waals surface area contributed by atoms with Crippen molar-refractivity contribution in [2.75, 3.05) is 32.7 Å². The van der Waals surface area contributed by atoms with Crippen LogP contribution < -0.4 is 5.32 Å². The molecule has 1 aromatic rings. The molecule has 17 heavy (non-hydrogen) atoms. The van der Waals surface area contributed by atoms with Crippen molar-refractivity contribution in [1.29, 1.82) is 0 Å². The molecule has 2 aliphatic rings. The monoisotopic (exact) mass is 228 g/mol. The Morgan fingerprint density at radius 1 is 1.29 bits per heavy atom. The first-order chi connectivity index (χ1) is 8.33. The van der Waals surface area contributed by atoms with Gasteiger partial charge in [0, 0.05) is 38.6 Å². The Hall–Kier alpha value is -1.12. The van der Waals surface area contributed by atoms with Crippen LogP contribution >= 0.6 is 0 Å². The number of fused-ring (bicyclic) bond motifs is 1. The highest BCUT2D eigenvalue weighted by atomic mass is 15.2. The second kappa shape index (κ2) is 4.63. The van der Waals surface area contributed by atoms with Crippen LogP contribution in [0.4, 0.5) is 0 Å². The second-order valence-electron chi connectivity index (χ2n) is 5.15. The fourth-order valence-corrected chi connectivity index (χ4v) is 2.83. The first-order valence-electron chi connectivity index (χ1n) is 6.55. The van der Waals surface area contributed by atoms with E-state index in [4.69, 9.17) is 0 Å². The topological polar surface area (TPSA) is 15.3 Å². The minimum Gasteiger partial charge on any atom is -0.314 e. The van der Waals surface area contributed by atoms with Gasteiger partial charge in [-0.2, -0.15) is 0 Å². The van der Waals surface area contributed by atoms with Gasteiger partial charge in [0.1, 0.15) is 0 Å². The number of benzene rings is 1. The highest BCUT2D eigenvalue weighted by molar-refractivity contribution is 5.63. The first-order valence-corrected chi connectivity index (χ1v) is 6.55. The molecule has 90 valence electrons. The third-order valence-electron chi connectivity index (χ3n) is 3.81. The Morgan fingerprint density at radius 2 is 2.12 bits per heavy atom. The van der Waals surface area contributed by atoms with E-state index in [1.165, 1.54) is 36.3 Å². The number of aryl methyl sites for hydroxylation is 1.